The molecule has 48 valence electrons. The molecule has 0 N–H and O–H groups in total. The van der Waals surface area contributed by atoms with Gasteiger partial charge in [0, 0.05) is 0 Å². The molecule has 0 saturated carbocycles. The second-order valence-corrected chi connectivity index (χ2v) is 1.87. The highest BCUT2D eigenvalue weighted by Gasteiger charge is 1.51. The summed E-state index contributed by atoms with van der Waals surface area (Å²) in [5, 5.41) is 0. The summed E-state index contributed by atoms with van der Waals surface area (Å²) in [5.74, 6) is 0. The molecule has 0 amide bonds. The third kappa shape index (κ3) is 477. The van der Waals surface area contributed by atoms with Crippen LogP contribution < -0.4 is 0 Å². The lowest BCUT2D eigenvalue weighted by Gasteiger charge is -1.65. The van der Waals surface area contributed by atoms with Gasteiger partial charge < -0.3 is 0 Å². The van der Waals surface area contributed by atoms with Gasteiger partial charge in [0.2, 0.25) is 0 Å². The van der Waals surface area contributed by atoms with Crippen LogP contribution in [0.3, 0.4) is 0 Å². The summed E-state index contributed by atoms with van der Waals surface area (Å²) in [5.41, 5.74) is 1.17. The Morgan fingerprint density at radius 3 is 1.25 bits per heavy atom. The fourth-order valence-electron chi connectivity index (χ4n) is 0. The molecule has 0 aliphatic heterocycles. The summed E-state index contributed by atoms with van der Waals surface area (Å²) in [7, 11) is 0. The van der Waals surface area contributed by atoms with Crippen molar-refractivity contribution in [2.45, 2.75) is 27.7 Å². The van der Waals surface area contributed by atoms with E-state index in [0.717, 1.165) is 0 Å². The van der Waals surface area contributed by atoms with Crippen molar-refractivity contribution in [1.82, 2.24) is 0 Å². The number of hydrogen-bond donors (Lipinski definition) is 0. The molecule has 0 nitrogen and oxygen atoms in total. The van der Waals surface area contributed by atoms with Crippen LogP contribution in [0, 0.1) is 0 Å². The fraction of sp³-hybridized carbons (Fsp3) is 0.500. The summed E-state index contributed by atoms with van der Waals surface area (Å²) in [6.07, 6.45) is 4.00. The van der Waals surface area contributed by atoms with E-state index in [0.29, 0.717) is 0 Å². The normalized spacial score (nSPS) is 8.00. The van der Waals surface area contributed by atoms with E-state index in [2.05, 4.69) is 6.58 Å². The monoisotopic (exact) mass is 112 g/mol. The molecule has 0 aromatic heterocycles. The van der Waals surface area contributed by atoms with Gasteiger partial charge in [0.15, 0.2) is 0 Å². The van der Waals surface area contributed by atoms with Crippen LogP contribution in [0.1, 0.15) is 27.7 Å². The highest BCUT2D eigenvalue weighted by atomic mass is 13.6. The van der Waals surface area contributed by atoms with Gasteiger partial charge in [0.25, 0.3) is 0 Å². The molecular weight excluding hydrogens is 96.1 g/mol. The van der Waals surface area contributed by atoms with E-state index in [1.165, 1.54) is 5.57 Å². The van der Waals surface area contributed by atoms with Crippen LogP contribution in [0.15, 0.2) is 24.3 Å². The second-order valence-electron chi connectivity index (χ2n) is 1.87. The number of allylic oxidation sites excluding steroid dienone is 3. The zero-order valence-electron chi connectivity index (χ0n) is 6.36. The minimum atomic E-state index is 1.17. The van der Waals surface area contributed by atoms with Crippen LogP contribution in [0.25, 0.3) is 0 Å². The number of rotatable bonds is 0. The molecule has 0 unspecified atom stereocenters. The topological polar surface area (TPSA) is 0 Å². The average Bonchev–Trinajstić information content (AvgIpc) is 1.65. The van der Waals surface area contributed by atoms with Gasteiger partial charge in [0.05, 0.1) is 0 Å². The minimum absolute atomic E-state index is 1.17. The quantitative estimate of drug-likeness (QED) is 0.422. The van der Waals surface area contributed by atoms with Crippen LogP contribution >= 0.6 is 0 Å². The van der Waals surface area contributed by atoms with Gasteiger partial charge in [-0.05, 0) is 27.7 Å². The predicted molar refractivity (Wildman–Crippen MR) is 41.0 cm³/mol. The van der Waals surface area contributed by atoms with Crippen molar-refractivity contribution in [1.29, 1.82) is 0 Å². The summed E-state index contributed by atoms with van der Waals surface area (Å²) in [6.45, 7) is 11.5. The van der Waals surface area contributed by atoms with E-state index in [9.17, 15) is 0 Å². The van der Waals surface area contributed by atoms with Crippen molar-refractivity contribution in [2.75, 3.05) is 0 Å². The molecule has 0 aromatic carbocycles. The average molecular weight is 112 g/mol. The maximum absolute atomic E-state index is 3.56. The first-order valence-electron chi connectivity index (χ1n) is 2.84. The van der Waals surface area contributed by atoms with Crippen molar-refractivity contribution in [3.8, 4) is 0 Å². The Bertz CT molecular complexity index is 60.1. The summed E-state index contributed by atoms with van der Waals surface area (Å²) >= 11 is 0. The van der Waals surface area contributed by atoms with Crippen molar-refractivity contribution < 1.29 is 0 Å². The molecule has 0 rings (SSSR count). The lowest BCUT2D eigenvalue weighted by molar-refractivity contribution is 1.42. The summed E-state index contributed by atoms with van der Waals surface area (Å²) in [6, 6.07) is 0. The Labute approximate surface area is 52.9 Å². The molecule has 0 spiro atoms. The Hall–Kier alpha value is -0.520. The molecule has 0 aromatic rings. The van der Waals surface area contributed by atoms with Crippen molar-refractivity contribution in [3.63, 3.8) is 0 Å². The van der Waals surface area contributed by atoms with Gasteiger partial charge in [-0.3, -0.25) is 0 Å². The van der Waals surface area contributed by atoms with E-state index < -0.39 is 0 Å². The third-order valence-corrected chi connectivity index (χ3v) is 0.333. The maximum Gasteiger partial charge on any atom is -0.0445 e. The Kier molecular flexibility index (Phi) is 12.7. The van der Waals surface area contributed by atoms with Crippen LogP contribution in [0.2, 0.25) is 0 Å². The molecule has 8 heavy (non-hydrogen) atoms. The lowest BCUT2D eigenvalue weighted by atomic mass is 10.4. The van der Waals surface area contributed by atoms with Crippen LogP contribution in [-0.4, -0.2) is 0 Å². The Morgan fingerprint density at radius 1 is 1.12 bits per heavy atom. The Balaban J connectivity index is 0. The molecule has 0 aliphatic rings. The first kappa shape index (κ1) is 10.5. The third-order valence-electron chi connectivity index (χ3n) is 0.333. The molecule has 0 heteroatoms. The van der Waals surface area contributed by atoms with Crippen LogP contribution in [0.4, 0.5) is 0 Å². The molecule has 0 atom stereocenters. The molecule has 0 heterocycles. The van der Waals surface area contributed by atoms with E-state index in [4.69, 9.17) is 0 Å². The van der Waals surface area contributed by atoms with Crippen molar-refractivity contribution >= 4 is 0 Å². The second kappa shape index (κ2) is 9.70. The lowest BCUT2D eigenvalue weighted by Crippen LogP contribution is -1.43. The smallest absolute Gasteiger partial charge is 0.0445 e. The van der Waals surface area contributed by atoms with Crippen molar-refractivity contribution in [2.24, 2.45) is 0 Å². The van der Waals surface area contributed by atoms with Crippen LogP contribution in [-0.2, 0) is 0 Å². The van der Waals surface area contributed by atoms with E-state index in [1.807, 2.05) is 39.8 Å². The zero-order valence-corrected chi connectivity index (χ0v) is 6.36. The summed E-state index contributed by atoms with van der Waals surface area (Å²) in [4.78, 5) is 0. The molecule has 0 fully saturated rings. The first-order chi connectivity index (χ1) is 3.65. The molecule has 0 saturated heterocycles. The molecule has 0 aliphatic carbocycles. The van der Waals surface area contributed by atoms with Crippen molar-refractivity contribution in [3.05, 3.63) is 24.3 Å². The molecular formula is C8H16. The SMILES string of the molecule is C/C=C\C.C=C(C)C. The van der Waals surface area contributed by atoms with Crippen LogP contribution in [0.5, 0.6) is 0 Å². The zero-order chi connectivity index (χ0) is 6.99. The first-order valence-corrected chi connectivity index (χ1v) is 2.84. The number of hydrogen-bond acceptors (Lipinski definition) is 0. The van der Waals surface area contributed by atoms with Gasteiger partial charge in [-0.1, -0.05) is 17.7 Å². The Morgan fingerprint density at radius 2 is 1.25 bits per heavy atom. The standard InChI is InChI=1S/2C4H8/c1-4(2)3;1-3-4-2/h1H2,2-3H3;3-4H,1-2H3/b;4-3-. The molecule has 0 bridgehead atoms. The maximum atomic E-state index is 3.56. The molecule has 0 radical (unpaired) electrons. The van der Waals surface area contributed by atoms with Gasteiger partial charge in [-0.15, -0.1) is 6.58 Å². The predicted octanol–water partition coefficient (Wildman–Crippen LogP) is 3.16. The van der Waals surface area contributed by atoms with E-state index >= 15 is 0 Å². The minimum Gasteiger partial charge on any atom is -0.100 e. The largest absolute Gasteiger partial charge is 0.100 e. The van der Waals surface area contributed by atoms with E-state index in [-0.39, 0.29) is 0 Å². The van der Waals surface area contributed by atoms with Gasteiger partial charge in [-0.25, -0.2) is 0 Å². The van der Waals surface area contributed by atoms with Gasteiger partial charge >= 0.3 is 0 Å². The highest BCUT2D eigenvalue weighted by molar-refractivity contribution is 4.78. The van der Waals surface area contributed by atoms with Gasteiger partial charge in [0.1, 0.15) is 0 Å². The summed E-state index contributed by atoms with van der Waals surface area (Å²) < 4.78 is 0. The highest BCUT2D eigenvalue weighted by Crippen LogP contribution is 1.73. The van der Waals surface area contributed by atoms with Gasteiger partial charge in [-0.2, -0.15) is 0 Å². The van der Waals surface area contributed by atoms with E-state index in [1.54, 1.807) is 0 Å². The fourth-order valence-corrected chi connectivity index (χ4v) is 0.